The lowest BCUT2D eigenvalue weighted by Gasteiger charge is -2.07. The standard InChI is InChI=1S/C12H20N2O2/c15-9-5-8-11-13-12(14-16-11)10-6-3-1-2-4-7-10/h10,15H,1-9H2. The van der Waals surface area contributed by atoms with E-state index in [4.69, 9.17) is 9.63 Å². The molecule has 16 heavy (non-hydrogen) atoms. The Kier molecular flexibility index (Phi) is 4.34. The molecule has 0 aliphatic heterocycles. The van der Waals surface area contributed by atoms with E-state index in [0.29, 0.717) is 24.7 Å². The molecule has 0 atom stereocenters. The minimum atomic E-state index is 0.182. The summed E-state index contributed by atoms with van der Waals surface area (Å²) in [5.74, 6) is 2.05. The lowest BCUT2D eigenvalue weighted by atomic mass is 10.00. The fourth-order valence-corrected chi connectivity index (χ4v) is 2.30. The monoisotopic (exact) mass is 224 g/mol. The summed E-state index contributed by atoms with van der Waals surface area (Å²) in [4.78, 5) is 4.42. The van der Waals surface area contributed by atoms with E-state index < -0.39 is 0 Å². The number of hydrogen-bond donors (Lipinski definition) is 1. The zero-order valence-electron chi connectivity index (χ0n) is 9.69. The number of aryl methyl sites for hydroxylation is 1. The van der Waals surface area contributed by atoms with Gasteiger partial charge in [-0.1, -0.05) is 30.8 Å². The molecule has 0 unspecified atom stereocenters. The van der Waals surface area contributed by atoms with Crippen molar-refractivity contribution >= 4 is 0 Å². The highest BCUT2D eigenvalue weighted by Crippen LogP contribution is 2.29. The van der Waals surface area contributed by atoms with Crippen LogP contribution in [0.2, 0.25) is 0 Å². The Morgan fingerprint density at radius 3 is 2.62 bits per heavy atom. The van der Waals surface area contributed by atoms with Gasteiger partial charge >= 0.3 is 0 Å². The van der Waals surface area contributed by atoms with Gasteiger partial charge in [0.1, 0.15) is 0 Å². The Labute approximate surface area is 96.1 Å². The molecule has 2 rings (SSSR count). The van der Waals surface area contributed by atoms with Crippen molar-refractivity contribution in [2.75, 3.05) is 6.61 Å². The highest BCUT2D eigenvalue weighted by molar-refractivity contribution is 4.96. The van der Waals surface area contributed by atoms with Gasteiger partial charge in [-0.3, -0.25) is 0 Å². The van der Waals surface area contributed by atoms with E-state index in [2.05, 4.69) is 10.1 Å². The van der Waals surface area contributed by atoms with Gasteiger partial charge in [0.05, 0.1) is 0 Å². The minimum absolute atomic E-state index is 0.182. The van der Waals surface area contributed by atoms with Gasteiger partial charge in [0.25, 0.3) is 0 Å². The molecule has 0 spiro atoms. The molecule has 1 N–H and O–H groups in total. The Bertz CT molecular complexity index is 304. The lowest BCUT2D eigenvalue weighted by Crippen LogP contribution is -2.00. The van der Waals surface area contributed by atoms with Crippen LogP contribution in [0.5, 0.6) is 0 Å². The molecule has 0 amide bonds. The predicted octanol–water partition coefficient (Wildman–Crippen LogP) is 2.43. The molecule has 1 saturated carbocycles. The highest BCUT2D eigenvalue weighted by Gasteiger charge is 2.19. The molecule has 1 fully saturated rings. The topological polar surface area (TPSA) is 59.2 Å². The third-order valence-electron chi connectivity index (χ3n) is 3.25. The first-order valence-corrected chi connectivity index (χ1v) is 6.33. The molecule has 0 aromatic carbocycles. The zero-order valence-corrected chi connectivity index (χ0v) is 9.69. The Morgan fingerprint density at radius 1 is 1.19 bits per heavy atom. The summed E-state index contributed by atoms with van der Waals surface area (Å²) in [6, 6.07) is 0. The Balaban J connectivity index is 1.94. The van der Waals surface area contributed by atoms with Crippen molar-refractivity contribution in [3.63, 3.8) is 0 Å². The summed E-state index contributed by atoms with van der Waals surface area (Å²) >= 11 is 0. The van der Waals surface area contributed by atoms with E-state index in [1.807, 2.05) is 0 Å². The van der Waals surface area contributed by atoms with Gasteiger partial charge in [0, 0.05) is 18.9 Å². The van der Waals surface area contributed by atoms with Crippen molar-refractivity contribution in [1.29, 1.82) is 0 Å². The van der Waals surface area contributed by atoms with Crippen LogP contribution in [-0.4, -0.2) is 21.9 Å². The van der Waals surface area contributed by atoms with Crippen LogP contribution in [0.25, 0.3) is 0 Å². The van der Waals surface area contributed by atoms with E-state index >= 15 is 0 Å². The van der Waals surface area contributed by atoms with Crippen LogP contribution in [0.1, 0.15) is 62.6 Å². The van der Waals surface area contributed by atoms with Crippen molar-refractivity contribution in [1.82, 2.24) is 10.1 Å². The summed E-state index contributed by atoms with van der Waals surface area (Å²) in [6.45, 7) is 0.182. The molecule has 1 aliphatic carbocycles. The molecule has 4 heteroatoms. The first kappa shape index (κ1) is 11.6. The summed E-state index contributed by atoms with van der Waals surface area (Å²) in [6.07, 6.45) is 9.02. The maximum Gasteiger partial charge on any atom is 0.226 e. The summed E-state index contributed by atoms with van der Waals surface area (Å²) in [7, 11) is 0. The molecule has 0 radical (unpaired) electrons. The number of aliphatic hydroxyl groups excluding tert-OH is 1. The first-order chi connectivity index (χ1) is 7.90. The van der Waals surface area contributed by atoms with E-state index in [1.165, 1.54) is 38.5 Å². The maximum atomic E-state index is 8.73. The van der Waals surface area contributed by atoms with E-state index in [9.17, 15) is 0 Å². The third-order valence-corrected chi connectivity index (χ3v) is 3.25. The van der Waals surface area contributed by atoms with Crippen molar-refractivity contribution in [2.45, 2.75) is 57.3 Å². The SMILES string of the molecule is OCCCc1nc(C2CCCCCC2)no1. The first-order valence-electron chi connectivity index (χ1n) is 6.33. The molecule has 0 bridgehead atoms. The van der Waals surface area contributed by atoms with Crippen LogP contribution >= 0.6 is 0 Å². The number of aromatic nitrogens is 2. The normalized spacial score (nSPS) is 18.6. The molecule has 0 saturated heterocycles. The summed E-state index contributed by atoms with van der Waals surface area (Å²) in [5, 5.41) is 12.8. The van der Waals surface area contributed by atoms with E-state index in [0.717, 1.165) is 5.82 Å². The summed E-state index contributed by atoms with van der Waals surface area (Å²) in [5.41, 5.74) is 0. The summed E-state index contributed by atoms with van der Waals surface area (Å²) < 4.78 is 5.19. The second-order valence-electron chi connectivity index (χ2n) is 4.56. The number of hydrogen-bond acceptors (Lipinski definition) is 4. The fourth-order valence-electron chi connectivity index (χ4n) is 2.30. The minimum Gasteiger partial charge on any atom is -0.396 e. The van der Waals surface area contributed by atoms with Crippen molar-refractivity contribution < 1.29 is 9.63 Å². The smallest absolute Gasteiger partial charge is 0.226 e. The molecule has 1 aliphatic rings. The van der Waals surface area contributed by atoms with Crippen molar-refractivity contribution in [3.05, 3.63) is 11.7 Å². The van der Waals surface area contributed by atoms with Gasteiger partial charge < -0.3 is 9.63 Å². The van der Waals surface area contributed by atoms with Crippen molar-refractivity contribution in [2.24, 2.45) is 0 Å². The van der Waals surface area contributed by atoms with Crippen LogP contribution < -0.4 is 0 Å². The maximum absolute atomic E-state index is 8.73. The second kappa shape index (κ2) is 5.99. The van der Waals surface area contributed by atoms with Gasteiger partial charge in [-0.25, -0.2) is 0 Å². The average molecular weight is 224 g/mol. The highest BCUT2D eigenvalue weighted by atomic mass is 16.5. The Hall–Kier alpha value is -0.900. The third kappa shape index (κ3) is 3.04. The van der Waals surface area contributed by atoms with Crippen LogP contribution in [0.4, 0.5) is 0 Å². The van der Waals surface area contributed by atoms with Crippen LogP contribution in [0.3, 0.4) is 0 Å². The lowest BCUT2D eigenvalue weighted by molar-refractivity contribution is 0.278. The van der Waals surface area contributed by atoms with Crippen LogP contribution in [0.15, 0.2) is 4.52 Å². The molecule has 90 valence electrons. The number of rotatable bonds is 4. The largest absolute Gasteiger partial charge is 0.396 e. The molecule has 1 aromatic rings. The van der Waals surface area contributed by atoms with Gasteiger partial charge in [-0.05, 0) is 19.3 Å². The quantitative estimate of drug-likeness (QED) is 0.798. The number of aliphatic hydroxyl groups is 1. The van der Waals surface area contributed by atoms with Gasteiger partial charge in [0.15, 0.2) is 5.82 Å². The van der Waals surface area contributed by atoms with Crippen LogP contribution in [-0.2, 0) is 6.42 Å². The predicted molar refractivity (Wildman–Crippen MR) is 60.1 cm³/mol. The van der Waals surface area contributed by atoms with Gasteiger partial charge in [-0.15, -0.1) is 0 Å². The van der Waals surface area contributed by atoms with E-state index in [-0.39, 0.29) is 6.61 Å². The van der Waals surface area contributed by atoms with Crippen LogP contribution in [0, 0.1) is 0 Å². The number of nitrogens with zero attached hydrogens (tertiary/aromatic N) is 2. The zero-order chi connectivity index (χ0) is 11.2. The molecule has 1 aromatic heterocycles. The molecular formula is C12H20N2O2. The van der Waals surface area contributed by atoms with Gasteiger partial charge in [0.2, 0.25) is 5.89 Å². The molecule has 4 nitrogen and oxygen atoms in total. The molecular weight excluding hydrogens is 204 g/mol. The average Bonchev–Trinajstić information content (AvgIpc) is 2.60. The second-order valence-corrected chi connectivity index (χ2v) is 4.56. The van der Waals surface area contributed by atoms with E-state index in [1.54, 1.807) is 0 Å². The Morgan fingerprint density at radius 2 is 1.94 bits per heavy atom. The van der Waals surface area contributed by atoms with Gasteiger partial charge in [-0.2, -0.15) is 4.98 Å². The molecule has 1 heterocycles. The fraction of sp³-hybridized carbons (Fsp3) is 0.833. The van der Waals surface area contributed by atoms with Crippen molar-refractivity contribution in [3.8, 4) is 0 Å².